The van der Waals surface area contributed by atoms with Gasteiger partial charge in [0.1, 0.15) is 18.1 Å². The van der Waals surface area contributed by atoms with Gasteiger partial charge < -0.3 is 24.1 Å². The molecule has 1 fully saturated rings. The van der Waals surface area contributed by atoms with E-state index < -0.39 is 37.6 Å². The van der Waals surface area contributed by atoms with E-state index in [1.54, 1.807) is 31.2 Å². The number of hydrogen-bond donors (Lipinski definition) is 1. The molecule has 2 aromatic rings. The summed E-state index contributed by atoms with van der Waals surface area (Å²) in [6.07, 6.45) is 0.0816. The fraction of sp³-hybridized carbons (Fsp3) is 0.364. The minimum atomic E-state index is -1.78. The Morgan fingerprint density at radius 1 is 1.17 bits per heavy atom. The lowest BCUT2D eigenvalue weighted by atomic mass is 9.98. The molecule has 2 aliphatic rings. The van der Waals surface area contributed by atoms with Gasteiger partial charge in [-0.05, 0) is 49.6 Å². The van der Waals surface area contributed by atoms with E-state index in [1.165, 1.54) is 6.07 Å². The highest BCUT2D eigenvalue weighted by Crippen LogP contribution is 2.53. The third kappa shape index (κ3) is 3.06. The van der Waals surface area contributed by atoms with Gasteiger partial charge in [0.2, 0.25) is 5.75 Å². The van der Waals surface area contributed by atoms with E-state index in [4.69, 9.17) is 24.4 Å². The first-order chi connectivity index (χ1) is 15.6. The smallest absolute Gasteiger partial charge is 0.338 e. The fourth-order valence-electron chi connectivity index (χ4n) is 3.61. The summed E-state index contributed by atoms with van der Waals surface area (Å²) in [5.74, 6) is -1.64. The van der Waals surface area contributed by atoms with Crippen molar-refractivity contribution in [1.82, 2.24) is 0 Å². The lowest BCUT2D eigenvalue weighted by Crippen LogP contribution is -2.32. The summed E-state index contributed by atoms with van der Waals surface area (Å²) in [7, 11) is -3.49. The second kappa shape index (κ2) is 6.99. The molecular formula is C22H22O7. The van der Waals surface area contributed by atoms with Gasteiger partial charge in [0, 0.05) is 11.1 Å². The van der Waals surface area contributed by atoms with Crippen molar-refractivity contribution in [2.75, 3.05) is 14.1 Å². The third-order valence-electron chi connectivity index (χ3n) is 5.60. The van der Waals surface area contributed by atoms with Crippen LogP contribution in [0.2, 0.25) is 0 Å². The first kappa shape index (κ1) is 14.7. The van der Waals surface area contributed by atoms with E-state index >= 15 is 0 Å². The van der Waals surface area contributed by atoms with Crippen LogP contribution in [-0.4, -0.2) is 37.3 Å². The van der Waals surface area contributed by atoms with Gasteiger partial charge in [0.05, 0.1) is 25.2 Å². The lowest BCUT2D eigenvalue weighted by molar-refractivity contribution is -0.146. The average molecular weight is 402 g/mol. The van der Waals surface area contributed by atoms with Crippen LogP contribution in [0.4, 0.5) is 0 Å². The van der Waals surface area contributed by atoms with Crippen LogP contribution in [0.1, 0.15) is 41.2 Å². The van der Waals surface area contributed by atoms with E-state index in [-0.39, 0.29) is 23.9 Å². The van der Waals surface area contributed by atoms with Crippen LogP contribution in [0.3, 0.4) is 0 Å². The molecule has 0 bridgehead atoms. The summed E-state index contributed by atoms with van der Waals surface area (Å²) in [4.78, 5) is 23.6. The van der Waals surface area contributed by atoms with Crippen molar-refractivity contribution in [2.24, 2.45) is 5.41 Å². The van der Waals surface area contributed by atoms with Gasteiger partial charge in [-0.2, -0.15) is 0 Å². The Labute approximate surface area is 173 Å². The number of carbonyl (C=O) groups is 2. The number of carboxylic acid groups (broad SMARTS) is 1. The van der Waals surface area contributed by atoms with Crippen LogP contribution in [-0.2, 0) is 16.1 Å². The highest BCUT2D eigenvalue weighted by Gasteiger charge is 2.56. The number of aliphatic carboxylic acids is 1. The molecule has 1 N–H and O–H groups in total. The zero-order valence-corrected chi connectivity index (χ0v) is 15.6. The molecule has 1 atom stereocenters. The van der Waals surface area contributed by atoms with Crippen LogP contribution >= 0.6 is 0 Å². The fourth-order valence-corrected chi connectivity index (χ4v) is 3.61. The van der Waals surface area contributed by atoms with Crippen LogP contribution in [0, 0.1) is 5.41 Å². The van der Waals surface area contributed by atoms with Crippen molar-refractivity contribution >= 4 is 11.9 Å². The minimum absolute atomic E-state index is 0.0304. The molecule has 1 unspecified atom stereocenters. The quantitative estimate of drug-likeness (QED) is 0.707. The van der Waals surface area contributed by atoms with Crippen molar-refractivity contribution in [3.05, 3.63) is 41.5 Å². The van der Waals surface area contributed by atoms with Crippen molar-refractivity contribution < 1.29 is 39.1 Å². The summed E-state index contributed by atoms with van der Waals surface area (Å²) in [5.41, 5.74) is 1.08. The molecular weight excluding hydrogens is 376 g/mol. The standard InChI is InChI=1S/C22H22O7/c1-12(22(8-9-22)21(24)25)29-18-15(6-7-17(26-2)19(18)27-3)13-4-5-16-14(10-13)11-28-20(16)23/h4-7,10,12H,8-9,11H2,1-3H3,(H,24,25)/i2D2,3D2. The Balaban J connectivity index is 1.85. The zero-order chi connectivity index (χ0) is 23.9. The normalized spacial score (nSPS) is 19.3. The molecule has 0 spiro atoms. The Morgan fingerprint density at radius 2 is 1.93 bits per heavy atom. The van der Waals surface area contributed by atoms with E-state index in [9.17, 15) is 14.7 Å². The predicted octanol–water partition coefficient (Wildman–Crippen LogP) is 3.67. The monoisotopic (exact) mass is 402 g/mol. The van der Waals surface area contributed by atoms with Crippen LogP contribution in [0.15, 0.2) is 30.3 Å². The molecule has 4 rings (SSSR count). The van der Waals surface area contributed by atoms with Gasteiger partial charge in [0.15, 0.2) is 11.5 Å². The van der Waals surface area contributed by atoms with Gasteiger partial charge in [-0.3, -0.25) is 4.79 Å². The average Bonchev–Trinajstić information content (AvgIpc) is 3.49. The number of benzene rings is 2. The largest absolute Gasteiger partial charge is 0.493 e. The molecule has 1 aliphatic heterocycles. The number of carbonyl (C=O) groups excluding carboxylic acids is 1. The topological polar surface area (TPSA) is 91.3 Å². The predicted molar refractivity (Wildman–Crippen MR) is 103 cm³/mol. The second-order valence-electron chi connectivity index (χ2n) is 7.17. The number of methoxy groups -OCH3 is 2. The summed E-state index contributed by atoms with van der Waals surface area (Å²) in [6.45, 7) is 1.73. The molecule has 1 saturated carbocycles. The first-order valence-electron chi connectivity index (χ1n) is 11.3. The second-order valence-corrected chi connectivity index (χ2v) is 7.17. The Morgan fingerprint density at radius 3 is 2.62 bits per heavy atom. The molecule has 0 aromatic heterocycles. The van der Waals surface area contributed by atoms with Gasteiger partial charge in [-0.25, -0.2) is 4.79 Å². The number of carboxylic acids is 1. The molecule has 0 radical (unpaired) electrons. The summed E-state index contributed by atoms with van der Waals surface area (Å²) < 4.78 is 51.7. The van der Waals surface area contributed by atoms with Gasteiger partial charge >= 0.3 is 11.9 Å². The molecule has 7 nitrogen and oxygen atoms in total. The third-order valence-corrected chi connectivity index (χ3v) is 5.60. The molecule has 29 heavy (non-hydrogen) atoms. The molecule has 1 aliphatic carbocycles. The van der Waals surface area contributed by atoms with E-state index in [0.29, 0.717) is 35.1 Å². The SMILES string of the molecule is [2H]C([2H])Oc1ccc(-c2ccc3c(c2)COC3=O)c(OC(C)C2(C(=O)O)CC2)c1OC([2H])[2H]. The number of hydrogen-bond acceptors (Lipinski definition) is 6. The molecule has 1 heterocycles. The maximum absolute atomic E-state index is 11.8. The maximum Gasteiger partial charge on any atom is 0.338 e. The highest BCUT2D eigenvalue weighted by molar-refractivity contribution is 5.94. The van der Waals surface area contributed by atoms with Crippen molar-refractivity contribution in [2.45, 2.75) is 32.5 Å². The van der Waals surface area contributed by atoms with Gasteiger partial charge in [0.25, 0.3) is 0 Å². The molecule has 0 saturated heterocycles. The van der Waals surface area contributed by atoms with Crippen LogP contribution in [0.25, 0.3) is 11.1 Å². The number of esters is 1. The van der Waals surface area contributed by atoms with E-state index in [1.807, 2.05) is 0 Å². The molecule has 7 heteroatoms. The Hall–Kier alpha value is -3.22. The Kier molecular flexibility index (Phi) is 3.55. The van der Waals surface area contributed by atoms with Gasteiger partial charge in [-0.15, -0.1) is 0 Å². The molecule has 0 amide bonds. The van der Waals surface area contributed by atoms with Crippen LogP contribution in [0.5, 0.6) is 17.2 Å². The lowest BCUT2D eigenvalue weighted by Gasteiger charge is -2.25. The van der Waals surface area contributed by atoms with Crippen molar-refractivity contribution in [3.63, 3.8) is 0 Å². The number of fused-ring (bicyclic) bond motifs is 1. The number of ether oxygens (including phenoxy) is 4. The molecule has 2 aromatic carbocycles. The molecule has 152 valence electrons. The van der Waals surface area contributed by atoms with Crippen molar-refractivity contribution in [3.8, 4) is 28.4 Å². The summed E-state index contributed by atoms with van der Waals surface area (Å²) in [6, 6.07) is 8.04. The Bertz CT molecular complexity index is 1100. The number of rotatable bonds is 7. The number of cyclic esters (lactones) is 1. The van der Waals surface area contributed by atoms with Crippen LogP contribution < -0.4 is 14.2 Å². The minimum Gasteiger partial charge on any atom is -0.493 e. The van der Waals surface area contributed by atoms with Crippen molar-refractivity contribution in [1.29, 1.82) is 0 Å². The zero-order valence-electron chi connectivity index (χ0n) is 19.6. The summed E-state index contributed by atoms with van der Waals surface area (Å²) >= 11 is 0. The maximum atomic E-state index is 11.8. The van der Waals surface area contributed by atoms with Gasteiger partial charge in [-0.1, -0.05) is 6.07 Å². The first-order valence-corrected chi connectivity index (χ1v) is 9.02. The van der Waals surface area contributed by atoms with E-state index in [0.717, 1.165) is 0 Å². The summed E-state index contributed by atoms with van der Waals surface area (Å²) in [5, 5.41) is 9.67. The highest BCUT2D eigenvalue weighted by atomic mass is 16.5. The van der Waals surface area contributed by atoms with E-state index in [2.05, 4.69) is 0 Å².